The third-order valence-corrected chi connectivity index (χ3v) is 5.59. The second kappa shape index (κ2) is 7.47. The first kappa shape index (κ1) is 19.9. The largest absolute Gasteiger partial charge is 0.669 e. The zero-order valence-electron chi connectivity index (χ0n) is 15.7. The molecule has 4 N–H and O–H groups in total. The molecular formula is C18H23BFN2O7-. The van der Waals surface area contributed by atoms with E-state index >= 15 is 0 Å². The molecule has 2 saturated heterocycles. The normalized spacial score (nSPS) is 25.7. The van der Waals surface area contributed by atoms with E-state index in [1.807, 2.05) is 0 Å². The fourth-order valence-electron chi connectivity index (χ4n) is 3.99. The number of hydrogen-bond acceptors (Lipinski definition) is 7. The first-order valence-corrected chi connectivity index (χ1v) is 9.72. The maximum absolute atomic E-state index is 13.2. The molecule has 11 heteroatoms. The molecule has 0 radical (unpaired) electrons. The number of nitrogens with one attached hydrogen (secondary N) is 1. The molecular weight excluding hydrogens is 386 g/mol. The number of carbonyl (C=O) groups is 2. The van der Waals surface area contributed by atoms with Gasteiger partial charge in [-0.25, -0.2) is 9.18 Å². The van der Waals surface area contributed by atoms with Crippen LogP contribution in [0.3, 0.4) is 0 Å². The lowest BCUT2D eigenvalue weighted by Crippen LogP contribution is -2.57. The Bertz CT molecular complexity index is 831. The SMILES string of the molecule is O=C(O)c1c(OC2CN(C(=O)C[C@@H]3C[C@H](F)CN3)C2)ccc2c1O[B-](O)(O)CC2. The van der Waals surface area contributed by atoms with Gasteiger partial charge in [-0.15, -0.1) is 0 Å². The molecule has 0 aromatic heterocycles. The van der Waals surface area contributed by atoms with Gasteiger partial charge in [0.2, 0.25) is 5.91 Å². The lowest BCUT2D eigenvalue weighted by atomic mass is 9.70. The summed E-state index contributed by atoms with van der Waals surface area (Å²) in [6, 6.07) is 3.01. The van der Waals surface area contributed by atoms with Crippen LogP contribution < -0.4 is 14.7 Å². The molecule has 29 heavy (non-hydrogen) atoms. The van der Waals surface area contributed by atoms with Crippen molar-refractivity contribution in [2.24, 2.45) is 0 Å². The summed E-state index contributed by atoms with van der Waals surface area (Å²) >= 11 is 0. The van der Waals surface area contributed by atoms with Gasteiger partial charge in [-0.05, 0) is 24.5 Å². The van der Waals surface area contributed by atoms with Crippen LogP contribution in [0, 0.1) is 0 Å². The molecule has 0 bridgehead atoms. The Kier molecular flexibility index (Phi) is 5.13. The molecule has 1 amide bonds. The number of amides is 1. The number of alkyl halides is 1. The van der Waals surface area contributed by atoms with E-state index in [0.29, 0.717) is 25.1 Å². The maximum Gasteiger partial charge on any atom is 0.430 e. The van der Waals surface area contributed by atoms with E-state index in [1.165, 1.54) is 6.07 Å². The molecule has 3 aliphatic rings. The van der Waals surface area contributed by atoms with Crippen LogP contribution in [0.4, 0.5) is 4.39 Å². The van der Waals surface area contributed by atoms with Gasteiger partial charge in [-0.2, -0.15) is 0 Å². The van der Waals surface area contributed by atoms with Crippen molar-refractivity contribution in [3.63, 3.8) is 0 Å². The van der Waals surface area contributed by atoms with E-state index in [1.54, 1.807) is 11.0 Å². The Morgan fingerprint density at radius 1 is 1.34 bits per heavy atom. The van der Waals surface area contributed by atoms with Crippen molar-refractivity contribution in [1.82, 2.24) is 10.2 Å². The van der Waals surface area contributed by atoms with E-state index in [4.69, 9.17) is 9.39 Å². The smallest absolute Gasteiger partial charge is 0.430 e. The van der Waals surface area contributed by atoms with E-state index in [9.17, 15) is 29.1 Å². The molecule has 9 nitrogen and oxygen atoms in total. The first-order valence-electron chi connectivity index (χ1n) is 9.72. The van der Waals surface area contributed by atoms with E-state index in [-0.39, 0.29) is 60.8 Å². The van der Waals surface area contributed by atoms with E-state index in [0.717, 1.165) is 0 Å². The van der Waals surface area contributed by atoms with Crippen molar-refractivity contribution in [2.75, 3.05) is 19.6 Å². The topological polar surface area (TPSA) is 129 Å². The van der Waals surface area contributed by atoms with Crippen molar-refractivity contribution in [3.05, 3.63) is 23.3 Å². The number of likely N-dealkylation sites (tertiary alicyclic amines) is 1. The highest BCUT2D eigenvalue weighted by Crippen LogP contribution is 2.39. The summed E-state index contributed by atoms with van der Waals surface area (Å²) in [7, 11) is 0. The monoisotopic (exact) mass is 409 g/mol. The number of hydrogen-bond donors (Lipinski definition) is 4. The van der Waals surface area contributed by atoms with E-state index < -0.39 is 18.9 Å². The number of carboxylic acids is 1. The standard InChI is InChI=1S/C18H23BFN2O7/c20-11-5-12(21-7-11)6-15(23)22-8-13(9-22)28-14-2-1-10-3-4-19(26,27)29-17(10)16(14)18(24)25/h1-2,11-13,21,26-27H,3-9H2,(H,24,25)/q-1/t11-,12-/m0/s1. The second-order valence-corrected chi connectivity index (χ2v) is 7.93. The van der Waals surface area contributed by atoms with Gasteiger partial charge in [-0.1, -0.05) is 12.4 Å². The summed E-state index contributed by atoms with van der Waals surface area (Å²) in [6.07, 6.45) is -0.483. The van der Waals surface area contributed by atoms with Gasteiger partial charge in [0.15, 0.2) is 0 Å². The van der Waals surface area contributed by atoms with Crippen LogP contribution in [0.5, 0.6) is 11.5 Å². The number of carbonyl (C=O) groups excluding carboxylic acids is 1. The molecule has 0 spiro atoms. The summed E-state index contributed by atoms with van der Waals surface area (Å²) in [5, 5.41) is 32.1. The van der Waals surface area contributed by atoms with Crippen LogP contribution in [-0.2, 0) is 11.2 Å². The third-order valence-electron chi connectivity index (χ3n) is 5.59. The summed E-state index contributed by atoms with van der Waals surface area (Å²) in [5.41, 5.74) is 0.307. The Balaban J connectivity index is 1.39. The Labute approximate surface area is 166 Å². The summed E-state index contributed by atoms with van der Waals surface area (Å²) in [5.74, 6) is -1.44. The van der Waals surface area contributed by atoms with Crippen molar-refractivity contribution in [2.45, 2.75) is 43.9 Å². The Morgan fingerprint density at radius 3 is 2.76 bits per heavy atom. The molecule has 2 atom stereocenters. The molecule has 0 unspecified atom stereocenters. The number of aromatic carboxylic acids is 1. The molecule has 0 saturated carbocycles. The zero-order chi connectivity index (χ0) is 20.8. The molecule has 4 rings (SSSR count). The molecule has 1 aromatic rings. The molecule has 3 aliphatic heterocycles. The molecule has 3 heterocycles. The highest BCUT2D eigenvalue weighted by atomic mass is 19.1. The van der Waals surface area contributed by atoms with Crippen LogP contribution >= 0.6 is 0 Å². The number of carboxylic acid groups (broad SMARTS) is 1. The lowest BCUT2D eigenvalue weighted by molar-refractivity contribution is -0.140. The van der Waals surface area contributed by atoms with Crippen LogP contribution in [0.25, 0.3) is 0 Å². The highest BCUT2D eigenvalue weighted by Gasteiger charge is 2.37. The summed E-state index contributed by atoms with van der Waals surface area (Å²) in [6.45, 7) is -2.23. The van der Waals surface area contributed by atoms with Crippen LogP contribution in [0.1, 0.15) is 28.8 Å². The highest BCUT2D eigenvalue weighted by molar-refractivity contribution is 6.59. The van der Waals surface area contributed by atoms with Gasteiger partial charge in [0, 0.05) is 19.0 Å². The third kappa shape index (κ3) is 4.17. The Hall–Kier alpha value is -2.37. The summed E-state index contributed by atoms with van der Waals surface area (Å²) < 4.78 is 24.1. The summed E-state index contributed by atoms with van der Waals surface area (Å²) in [4.78, 5) is 25.6. The van der Waals surface area contributed by atoms with Crippen molar-refractivity contribution in [1.29, 1.82) is 0 Å². The molecule has 158 valence electrons. The quantitative estimate of drug-likeness (QED) is 0.498. The molecule has 1 aromatic carbocycles. The number of halogens is 1. The predicted octanol–water partition coefficient (Wildman–Crippen LogP) is -0.0771. The molecule has 2 fully saturated rings. The number of aryl methyl sites for hydroxylation is 1. The van der Waals surface area contributed by atoms with Gasteiger partial charge in [0.1, 0.15) is 23.6 Å². The van der Waals surface area contributed by atoms with Gasteiger partial charge < -0.3 is 34.8 Å². The average molecular weight is 409 g/mol. The van der Waals surface area contributed by atoms with Crippen LogP contribution in [0.15, 0.2) is 12.1 Å². The van der Waals surface area contributed by atoms with Gasteiger partial charge >= 0.3 is 12.7 Å². The zero-order valence-corrected chi connectivity index (χ0v) is 15.7. The average Bonchev–Trinajstić information content (AvgIpc) is 3.00. The number of benzene rings is 1. The number of rotatable bonds is 5. The predicted molar refractivity (Wildman–Crippen MR) is 99.6 cm³/mol. The minimum Gasteiger partial charge on any atom is -0.669 e. The van der Waals surface area contributed by atoms with Crippen molar-refractivity contribution in [3.8, 4) is 11.5 Å². The van der Waals surface area contributed by atoms with Crippen LogP contribution in [-0.4, -0.2) is 76.6 Å². The van der Waals surface area contributed by atoms with Gasteiger partial charge in [0.05, 0.1) is 18.8 Å². The maximum atomic E-state index is 13.2. The number of nitrogens with zero attached hydrogens (tertiary/aromatic N) is 1. The van der Waals surface area contributed by atoms with Gasteiger partial charge in [0.25, 0.3) is 0 Å². The number of fused-ring (bicyclic) bond motifs is 1. The first-order chi connectivity index (χ1) is 13.7. The molecule has 0 aliphatic carbocycles. The van der Waals surface area contributed by atoms with Crippen molar-refractivity contribution >= 4 is 18.6 Å². The fraction of sp³-hybridized carbons (Fsp3) is 0.556. The van der Waals surface area contributed by atoms with Gasteiger partial charge in [-0.3, -0.25) is 4.79 Å². The van der Waals surface area contributed by atoms with E-state index in [2.05, 4.69) is 5.32 Å². The minimum atomic E-state index is -3.10. The minimum absolute atomic E-state index is 0.00896. The Morgan fingerprint density at radius 2 is 2.10 bits per heavy atom. The van der Waals surface area contributed by atoms with Crippen LogP contribution in [0.2, 0.25) is 6.32 Å². The second-order valence-electron chi connectivity index (χ2n) is 7.93. The van der Waals surface area contributed by atoms with Crippen molar-refractivity contribution < 1.29 is 38.5 Å². The number of ether oxygens (including phenoxy) is 1. The lowest BCUT2D eigenvalue weighted by Gasteiger charge is -2.40. The fourth-order valence-corrected chi connectivity index (χ4v) is 3.99.